The predicted octanol–water partition coefficient (Wildman–Crippen LogP) is 3.34. The zero-order chi connectivity index (χ0) is 11.3. The van der Waals surface area contributed by atoms with Crippen molar-refractivity contribution in [3.05, 3.63) is 22.4 Å². The van der Waals surface area contributed by atoms with Crippen LogP contribution < -0.4 is 5.73 Å². The van der Waals surface area contributed by atoms with Gasteiger partial charge in [0.2, 0.25) is 0 Å². The van der Waals surface area contributed by atoms with Gasteiger partial charge in [-0.15, -0.1) is 11.3 Å². The van der Waals surface area contributed by atoms with E-state index >= 15 is 0 Å². The number of rotatable bonds is 6. The first-order chi connectivity index (χ1) is 7.15. The zero-order valence-corrected chi connectivity index (χ0v) is 10.6. The van der Waals surface area contributed by atoms with Crippen molar-refractivity contribution in [1.29, 1.82) is 0 Å². The van der Waals surface area contributed by atoms with Gasteiger partial charge in [0, 0.05) is 10.9 Å². The van der Waals surface area contributed by atoms with E-state index in [9.17, 15) is 0 Å². The van der Waals surface area contributed by atoms with Gasteiger partial charge in [-0.25, -0.2) is 0 Å². The van der Waals surface area contributed by atoms with Crippen LogP contribution >= 0.6 is 11.3 Å². The molecule has 0 amide bonds. The maximum absolute atomic E-state index is 5.98. The maximum Gasteiger partial charge on any atom is 0.107 e. The van der Waals surface area contributed by atoms with Crippen molar-refractivity contribution in [2.75, 3.05) is 0 Å². The van der Waals surface area contributed by atoms with Gasteiger partial charge in [-0.2, -0.15) is 0 Å². The summed E-state index contributed by atoms with van der Waals surface area (Å²) in [6.07, 6.45) is 2.57. The fraction of sp³-hybridized carbons (Fsp3) is 0.667. The quantitative estimate of drug-likeness (QED) is 0.809. The molecule has 0 aliphatic rings. The van der Waals surface area contributed by atoms with Crippen molar-refractivity contribution >= 4 is 11.3 Å². The molecule has 86 valence electrons. The SMILES string of the molecule is CCCC(C)OC(c1cccs1)C(C)N. The molecule has 0 aromatic carbocycles. The highest BCUT2D eigenvalue weighted by atomic mass is 32.1. The molecular weight excluding hydrogens is 206 g/mol. The fourth-order valence-corrected chi connectivity index (χ4v) is 2.50. The first-order valence-electron chi connectivity index (χ1n) is 5.59. The van der Waals surface area contributed by atoms with Crippen molar-refractivity contribution in [3.8, 4) is 0 Å². The summed E-state index contributed by atoms with van der Waals surface area (Å²) in [5.41, 5.74) is 5.95. The molecule has 3 unspecified atom stereocenters. The number of hydrogen-bond donors (Lipinski definition) is 1. The Morgan fingerprint density at radius 3 is 2.67 bits per heavy atom. The van der Waals surface area contributed by atoms with E-state index in [0.29, 0.717) is 0 Å². The summed E-state index contributed by atoms with van der Waals surface area (Å²) in [7, 11) is 0. The van der Waals surface area contributed by atoms with Crippen LogP contribution in [0.25, 0.3) is 0 Å². The van der Waals surface area contributed by atoms with Crippen molar-refractivity contribution in [2.45, 2.75) is 51.9 Å². The monoisotopic (exact) mass is 227 g/mol. The summed E-state index contributed by atoms with van der Waals surface area (Å²) in [5, 5.41) is 2.07. The van der Waals surface area contributed by atoms with Crippen LogP contribution in [0.1, 0.15) is 44.6 Å². The molecule has 0 spiro atoms. The lowest BCUT2D eigenvalue weighted by Gasteiger charge is -2.24. The van der Waals surface area contributed by atoms with E-state index in [4.69, 9.17) is 10.5 Å². The van der Waals surface area contributed by atoms with Gasteiger partial charge >= 0.3 is 0 Å². The minimum absolute atomic E-state index is 0.0444. The molecule has 0 fully saturated rings. The number of nitrogens with two attached hydrogens (primary N) is 1. The average Bonchev–Trinajstić information content (AvgIpc) is 2.66. The molecule has 0 aliphatic carbocycles. The zero-order valence-electron chi connectivity index (χ0n) is 9.77. The highest BCUT2D eigenvalue weighted by Crippen LogP contribution is 2.26. The summed E-state index contributed by atoms with van der Waals surface area (Å²) in [5.74, 6) is 0. The standard InChI is InChI=1S/C12H21NOS/c1-4-6-9(2)14-12(10(3)13)11-7-5-8-15-11/h5,7-10,12H,4,6,13H2,1-3H3. The molecular formula is C12H21NOS. The average molecular weight is 227 g/mol. The molecule has 1 rings (SSSR count). The molecule has 0 radical (unpaired) electrons. The third kappa shape index (κ3) is 3.93. The number of thiophene rings is 1. The van der Waals surface area contributed by atoms with Gasteiger partial charge in [0.25, 0.3) is 0 Å². The molecule has 3 heteroatoms. The van der Waals surface area contributed by atoms with Crippen molar-refractivity contribution in [2.24, 2.45) is 5.73 Å². The Morgan fingerprint density at radius 1 is 1.47 bits per heavy atom. The third-order valence-electron chi connectivity index (χ3n) is 2.38. The van der Waals surface area contributed by atoms with Gasteiger partial charge in [0.15, 0.2) is 0 Å². The molecule has 15 heavy (non-hydrogen) atoms. The van der Waals surface area contributed by atoms with Gasteiger partial charge in [0.1, 0.15) is 6.10 Å². The van der Waals surface area contributed by atoms with Gasteiger partial charge in [-0.1, -0.05) is 19.4 Å². The first kappa shape index (κ1) is 12.7. The second kappa shape index (κ2) is 6.26. The van der Waals surface area contributed by atoms with Gasteiger partial charge in [-0.3, -0.25) is 0 Å². The Hall–Kier alpha value is -0.380. The number of hydrogen-bond acceptors (Lipinski definition) is 3. The Kier molecular flexibility index (Phi) is 5.29. The Morgan fingerprint density at radius 2 is 2.20 bits per heavy atom. The Labute approximate surface area is 96.4 Å². The highest BCUT2D eigenvalue weighted by Gasteiger charge is 2.20. The molecule has 3 atom stereocenters. The van der Waals surface area contributed by atoms with Crippen LogP contribution in [0.5, 0.6) is 0 Å². The molecule has 1 aromatic heterocycles. The van der Waals surface area contributed by atoms with Gasteiger partial charge in [-0.05, 0) is 31.7 Å². The van der Waals surface area contributed by atoms with E-state index in [1.807, 2.05) is 13.0 Å². The second-order valence-electron chi connectivity index (χ2n) is 4.03. The van der Waals surface area contributed by atoms with E-state index in [2.05, 4.69) is 25.3 Å². The lowest BCUT2D eigenvalue weighted by Crippen LogP contribution is -2.29. The largest absolute Gasteiger partial charge is 0.368 e. The molecule has 1 heterocycles. The molecule has 2 nitrogen and oxygen atoms in total. The van der Waals surface area contributed by atoms with Crippen molar-refractivity contribution in [3.63, 3.8) is 0 Å². The Balaban J connectivity index is 2.59. The molecule has 0 bridgehead atoms. The van der Waals surface area contributed by atoms with Crippen LogP contribution in [0, 0.1) is 0 Å². The highest BCUT2D eigenvalue weighted by molar-refractivity contribution is 7.10. The summed E-state index contributed by atoms with van der Waals surface area (Å²) < 4.78 is 5.98. The first-order valence-corrected chi connectivity index (χ1v) is 6.47. The van der Waals surface area contributed by atoms with Crippen LogP contribution in [-0.2, 0) is 4.74 Å². The molecule has 0 aliphatic heterocycles. The summed E-state index contributed by atoms with van der Waals surface area (Å²) in [6.45, 7) is 6.29. The van der Waals surface area contributed by atoms with Crippen LogP contribution in [0.4, 0.5) is 0 Å². The predicted molar refractivity (Wildman–Crippen MR) is 66.2 cm³/mol. The van der Waals surface area contributed by atoms with Gasteiger partial charge < -0.3 is 10.5 Å². The topological polar surface area (TPSA) is 35.2 Å². The fourth-order valence-electron chi connectivity index (χ4n) is 1.63. The Bertz CT molecular complexity index is 259. The van der Waals surface area contributed by atoms with Crippen LogP contribution in [0.3, 0.4) is 0 Å². The summed E-state index contributed by atoms with van der Waals surface area (Å²) in [4.78, 5) is 1.23. The molecule has 1 aromatic rings. The van der Waals surface area contributed by atoms with Crippen molar-refractivity contribution < 1.29 is 4.74 Å². The third-order valence-corrected chi connectivity index (χ3v) is 3.31. The van der Waals surface area contributed by atoms with Gasteiger partial charge in [0.05, 0.1) is 6.10 Å². The van der Waals surface area contributed by atoms with E-state index < -0.39 is 0 Å². The second-order valence-corrected chi connectivity index (χ2v) is 5.01. The lowest BCUT2D eigenvalue weighted by atomic mass is 10.1. The maximum atomic E-state index is 5.98. The van der Waals surface area contributed by atoms with Crippen molar-refractivity contribution in [1.82, 2.24) is 0 Å². The van der Waals surface area contributed by atoms with Crippen LogP contribution in [0.15, 0.2) is 17.5 Å². The minimum atomic E-state index is 0.0444. The van der Waals surface area contributed by atoms with E-state index in [1.165, 1.54) is 4.88 Å². The van der Waals surface area contributed by atoms with Crippen LogP contribution in [0.2, 0.25) is 0 Å². The molecule has 2 N–H and O–H groups in total. The molecule has 0 saturated carbocycles. The van der Waals surface area contributed by atoms with E-state index in [-0.39, 0.29) is 18.2 Å². The summed E-state index contributed by atoms with van der Waals surface area (Å²) >= 11 is 1.71. The van der Waals surface area contributed by atoms with Crippen LogP contribution in [-0.4, -0.2) is 12.1 Å². The normalized spacial score (nSPS) is 17.3. The summed E-state index contributed by atoms with van der Waals surface area (Å²) in [6, 6.07) is 4.18. The molecule has 0 saturated heterocycles. The minimum Gasteiger partial charge on any atom is -0.368 e. The van der Waals surface area contributed by atoms with E-state index in [1.54, 1.807) is 11.3 Å². The lowest BCUT2D eigenvalue weighted by molar-refractivity contribution is -0.0167. The number of ether oxygens (including phenoxy) is 1. The van der Waals surface area contributed by atoms with E-state index in [0.717, 1.165) is 12.8 Å². The smallest absolute Gasteiger partial charge is 0.107 e.